The molecule has 2 aromatic carbocycles. The molecule has 0 saturated heterocycles. The molecule has 0 spiro atoms. The minimum Gasteiger partial charge on any atom is -0.495 e. The van der Waals surface area contributed by atoms with E-state index in [4.69, 9.17) is 9.26 Å². The summed E-state index contributed by atoms with van der Waals surface area (Å²) >= 11 is 0. The number of nitrogens with one attached hydrogen (secondary N) is 1. The van der Waals surface area contributed by atoms with Gasteiger partial charge in [-0.1, -0.05) is 47.6 Å². The van der Waals surface area contributed by atoms with E-state index < -0.39 is 0 Å². The second kappa shape index (κ2) is 7.48. The number of anilines is 1. The summed E-state index contributed by atoms with van der Waals surface area (Å²) in [6, 6.07) is 16.4. The average molecular weight is 338 g/mol. The Morgan fingerprint density at radius 3 is 2.64 bits per heavy atom. The number of amides is 2. The fraction of sp³-hybridized carbons (Fsp3) is 0.167. The molecule has 2 amide bonds. The minimum absolute atomic E-state index is 0.195. The normalized spacial score (nSPS) is 10.3. The Morgan fingerprint density at radius 2 is 1.88 bits per heavy atom. The van der Waals surface area contributed by atoms with E-state index in [0.717, 1.165) is 5.56 Å². The molecular formula is C18H18N4O3. The lowest BCUT2D eigenvalue weighted by molar-refractivity contribution is 0.213. The Hall–Kier alpha value is -3.35. The number of urea groups is 1. The van der Waals surface area contributed by atoms with Crippen molar-refractivity contribution in [1.29, 1.82) is 0 Å². The lowest BCUT2D eigenvalue weighted by Crippen LogP contribution is -2.31. The number of hydrogen-bond donors (Lipinski definition) is 1. The number of nitrogens with zero attached hydrogens (tertiary/aromatic N) is 3. The fourth-order valence-electron chi connectivity index (χ4n) is 2.26. The molecule has 128 valence electrons. The molecule has 1 aromatic heterocycles. The fourth-order valence-corrected chi connectivity index (χ4v) is 2.26. The molecule has 7 heteroatoms. The van der Waals surface area contributed by atoms with Crippen LogP contribution in [-0.4, -0.2) is 35.2 Å². The molecule has 0 bridgehead atoms. The van der Waals surface area contributed by atoms with E-state index >= 15 is 0 Å². The van der Waals surface area contributed by atoms with Gasteiger partial charge in [-0.25, -0.2) is 4.79 Å². The first-order valence-electron chi connectivity index (χ1n) is 7.70. The summed E-state index contributed by atoms with van der Waals surface area (Å²) in [4.78, 5) is 18.1. The zero-order valence-electron chi connectivity index (χ0n) is 14.0. The summed E-state index contributed by atoms with van der Waals surface area (Å²) < 4.78 is 10.4. The second-order valence-corrected chi connectivity index (χ2v) is 5.36. The van der Waals surface area contributed by atoms with Crippen molar-refractivity contribution in [1.82, 2.24) is 15.0 Å². The van der Waals surface area contributed by atoms with Gasteiger partial charge in [-0.05, 0) is 12.1 Å². The van der Waals surface area contributed by atoms with Crippen LogP contribution in [0.2, 0.25) is 0 Å². The monoisotopic (exact) mass is 338 g/mol. The van der Waals surface area contributed by atoms with Crippen molar-refractivity contribution in [3.63, 3.8) is 0 Å². The number of para-hydroxylation sites is 2. The van der Waals surface area contributed by atoms with Gasteiger partial charge in [0, 0.05) is 12.6 Å². The Morgan fingerprint density at radius 1 is 1.16 bits per heavy atom. The van der Waals surface area contributed by atoms with Crippen LogP contribution < -0.4 is 10.1 Å². The van der Waals surface area contributed by atoms with Gasteiger partial charge in [-0.15, -0.1) is 0 Å². The number of rotatable bonds is 5. The van der Waals surface area contributed by atoms with Crippen molar-refractivity contribution in [2.75, 3.05) is 19.5 Å². The van der Waals surface area contributed by atoms with Gasteiger partial charge >= 0.3 is 6.03 Å². The first-order valence-corrected chi connectivity index (χ1v) is 7.70. The largest absolute Gasteiger partial charge is 0.495 e. The third-order valence-corrected chi connectivity index (χ3v) is 3.57. The Labute approximate surface area is 145 Å². The van der Waals surface area contributed by atoms with E-state index in [1.165, 1.54) is 4.90 Å². The van der Waals surface area contributed by atoms with Crippen LogP contribution in [0.25, 0.3) is 11.4 Å². The van der Waals surface area contributed by atoms with E-state index in [-0.39, 0.29) is 12.6 Å². The quantitative estimate of drug-likeness (QED) is 0.771. The molecule has 0 aliphatic rings. The molecule has 0 saturated carbocycles. The van der Waals surface area contributed by atoms with Gasteiger partial charge in [-0.2, -0.15) is 4.98 Å². The van der Waals surface area contributed by atoms with Crippen LogP contribution in [-0.2, 0) is 6.54 Å². The summed E-state index contributed by atoms with van der Waals surface area (Å²) in [5, 5.41) is 6.74. The van der Waals surface area contributed by atoms with E-state index in [1.54, 1.807) is 26.3 Å². The molecule has 0 unspecified atom stereocenters. The van der Waals surface area contributed by atoms with Gasteiger partial charge in [-0.3, -0.25) is 0 Å². The van der Waals surface area contributed by atoms with Crippen LogP contribution in [0.5, 0.6) is 5.75 Å². The summed E-state index contributed by atoms with van der Waals surface area (Å²) in [5.41, 5.74) is 1.45. The van der Waals surface area contributed by atoms with Gasteiger partial charge < -0.3 is 19.5 Å². The van der Waals surface area contributed by atoms with E-state index in [1.807, 2.05) is 42.5 Å². The topological polar surface area (TPSA) is 80.5 Å². The standard InChI is InChI=1S/C18H18N4O3/c1-22(18(23)19-14-10-6-7-11-15(14)24-2)12-16-20-17(21-25-16)13-8-4-3-5-9-13/h3-11H,12H2,1-2H3,(H,19,23). The third-order valence-electron chi connectivity index (χ3n) is 3.57. The highest BCUT2D eigenvalue weighted by atomic mass is 16.5. The molecule has 1 N–H and O–H groups in total. The number of carbonyl (C=O) groups excluding carboxylic acids is 1. The van der Waals surface area contributed by atoms with Gasteiger partial charge in [0.25, 0.3) is 0 Å². The highest BCUT2D eigenvalue weighted by Crippen LogP contribution is 2.23. The number of benzene rings is 2. The predicted octanol–water partition coefficient (Wildman–Crippen LogP) is 3.41. The smallest absolute Gasteiger partial charge is 0.322 e. The van der Waals surface area contributed by atoms with Crippen LogP contribution in [0.3, 0.4) is 0 Å². The van der Waals surface area contributed by atoms with E-state index in [9.17, 15) is 4.79 Å². The number of aromatic nitrogens is 2. The molecule has 0 atom stereocenters. The SMILES string of the molecule is COc1ccccc1NC(=O)N(C)Cc1nc(-c2ccccc2)no1. The van der Waals surface area contributed by atoms with Gasteiger partial charge in [0.15, 0.2) is 0 Å². The van der Waals surface area contributed by atoms with Crippen molar-refractivity contribution in [2.45, 2.75) is 6.54 Å². The molecule has 3 rings (SSSR count). The van der Waals surface area contributed by atoms with Crippen molar-refractivity contribution < 1.29 is 14.1 Å². The zero-order valence-corrected chi connectivity index (χ0v) is 14.0. The van der Waals surface area contributed by atoms with Crippen molar-refractivity contribution in [2.24, 2.45) is 0 Å². The van der Waals surface area contributed by atoms with Crippen molar-refractivity contribution in [3.8, 4) is 17.1 Å². The minimum atomic E-state index is -0.302. The van der Waals surface area contributed by atoms with Crippen LogP contribution in [0, 0.1) is 0 Å². The van der Waals surface area contributed by atoms with Crippen LogP contribution >= 0.6 is 0 Å². The van der Waals surface area contributed by atoms with Gasteiger partial charge in [0.2, 0.25) is 11.7 Å². The first-order chi connectivity index (χ1) is 12.2. The lowest BCUT2D eigenvalue weighted by atomic mass is 10.2. The van der Waals surface area contributed by atoms with Crippen LogP contribution in [0.4, 0.5) is 10.5 Å². The maximum Gasteiger partial charge on any atom is 0.322 e. The summed E-state index contributed by atoms with van der Waals surface area (Å²) in [6.45, 7) is 0.195. The summed E-state index contributed by atoms with van der Waals surface area (Å²) in [5.74, 6) is 1.44. The summed E-state index contributed by atoms with van der Waals surface area (Å²) in [7, 11) is 3.20. The summed E-state index contributed by atoms with van der Waals surface area (Å²) in [6.07, 6.45) is 0. The molecule has 7 nitrogen and oxygen atoms in total. The van der Waals surface area contributed by atoms with Crippen molar-refractivity contribution >= 4 is 11.7 Å². The molecule has 0 aliphatic heterocycles. The Bertz CT molecular complexity index is 848. The molecule has 3 aromatic rings. The molecule has 0 aliphatic carbocycles. The number of carbonyl (C=O) groups is 1. The molecular weight excluding hydrogens is 320 g/mol. The van der Waals surface area contributed by atoms with Gasteiger partial charge in [0.05, 0.1) is 12.8 Å². The van der Waals surface area contributed by atoms with Gasteiger partial charge in [0.1, 0.15) is 12.3 Å². The van der Waals surface area contributed by atoms with Crippen molar-refractivity contribution in [3.05, 3.63) is 60.5 Å². The molecule has 0 radical (unpaired) electrons. The highest BCUT2D eigenvalue weighted by molar-refractivity contribution is 5.90. The molecule has 25 heavy (non-hydrogen) atoms. The van der Waals surface area contributed by atoms with E-state index in [2.05, 4.69) is 15.5 Å². The average Bonchev–Trinajstić information content (AvgIpc) is 3.11. The van der Waals surface area contributed by atoms with E-state index in [0.29, 0.717) is 23.2 Å². The number of hydrogen-bond acceptors (Lipinski definition) is 5. The predicted molar refractivity (Wildman–Crippen MR) is 93.2 cm³/mol. The highest BCUT2D eigenvalue weighted by Gasteiger charge is 2.16. The number of methoxy groups -OCH3 is 1. The maximum atomic E-state index is 12.3. The zero-order chi connectivity index (χ0) is 17.6. The number of ether oxygens (including phenoxy) is 1. The Balaban J connectivity index is 1.65. The maximum absolute atomic E-state index is 12.3. The second-order valence-electron chi connectivity index (χ2n) is 5.36. The molecule has 0 fully saturated rings. The Kier molecular flexibility index (Phi) is 4.94. The third kappa shape index (κ3) is 3.95. The van der Waals surface area contributed by atoms with Crippen LogP contribution in [0.15, 0.2) is 59.1 Å². The molecule has 1 heterocycles. The first kappa shape index (κ1) is 16.5. The van der Waals surface area contributed by atoms with Crippen LogP contribution in [0.1, 0.15) is 5.89 Å². The lowest BCUT2D eigenvalue weighted by Gasteiger charge is -2.17.